The maximum atomic E-state index is 12.3. The summed E-state index contributed by atoms with van der Waals surface area (Å²) in [4.78, 5) is 12.3. The molecule has 1 aliphatic carbocycles. The van der Waals surface area contributed by atoms with Crippen LogP contribution in [0.2, 0.25) is 0 Å². The fourth-order valence-electron chi connectivity index (χ4n) is 2.73. The van der Waals surface area contributed by atoms with E-state index in [1.807, 2.05) is 12.1 Å². The number of hydrogen-bond acceptors (Lipinski definition) is 4. The average molecular weight is 450 g/mol. The van der Waals surface area contributed by atoms with Crippen LogP contribution in [-0.2, 0) is 4.79 Å². The molecule has 1 amide bonds. The van der Waals surface area contributed by atoms with E-state index in [9.17, 15) is 10.1 Å². The van der Waals surface area contributed by atoms with Crippen molar-refractivity contribution in [3.8, 4) is 29.9 Å². The van der Waals surface area contributed by atoms with Crippen molar-refractivity contribution in [1.82, 2.24) is 5.32 Å². The molecular weight excluding hydrogens is 431 g/mol. The number of amides is 1. The van der Waals surface area contributed by atoms with Crippen molar-refractivity contribution in [2.45, 2.75) is 31.7 Å². The van der Waals surface area contributed by atoms with Gasteiger partial charge in [-0.25, -0.2) is 0 Å². The maximum absolute atomic E-state index is 12.3. The number of halogens is 1. The zero-order chi connectivity index (χ0) is 18.2. The predicted octanol–water partition coefficient (Wildman–Crippen LogP) is 3.28. The fourth-order valence-corrected chi connectivity index (χ4v) is 3.51. The second-order valence-corrected chi connectivity index (χ2v) is 6.81. The van der Waals surface area contributed by atoms with Crippen molar-refractivity contribution >= 4 is 34.6 Å². The van der Waals surface area contributed by atoms with E-state index in [-0.39, 0.29) is 24.1 Å². The Balaban J connectivity index is 2.24. The normalized spacial score (nSPS) is 14.5. The average Bonchev–Trinajstić information content (AvgIpc) is 3.11. The van der Waals surface area contributed by atoms with Gasteiger partial charge in [-0.3, -0.25) is 4.79 Å². The Morgan fingerprint density at radius 2 is 2.20 bits per heavy atom. The first kappa shape index (κ1) is 19.1. The quantitative estimate of drug-likeness (QED) is 0.313. The van der Waals surface area contributed by atoms with Crippen LogP contribution >= 0.6 is 22.6 Å². The molecule has 2 rings (SSSR count). The minimum Gasteiger partial charge on any atom is -0.493 e. The minimum absolute atomic E-state index is 0.0713. The van der Waals surface area contributed by atoms with Gasteiger partial charge < -0.3 is 14.8 Å². The number of benzene rings is 1. The minimum atomic E-state index is -0.337. The largest absolute Gasteiger partial charge is 0.493 e. The molecule has 0 aromatic heterocycles. The molecule has 0 saturated heterocycles. The van der Waals surface area contributed by atoms with E-state index in [1.54, 1.807) is 12.1 Å². The molecule has 0 bridgehead atoms. The number of nitrogens with zero attached hydrogens (tertiary/aromatic N) is 1. The number of rotatable bonds is 6. The molecule has 25 heavy (non-hydrogen) atoms. The fraction of sp³-hybridized carbons (Fsp3) is 0.368. The van der Waals surface area contributed by atoms with Gasteiger partial charge in [-0.05, 0) is 59.2 Å². The number of ether oxygens (including phenoxy) is 2. The molecule has 130 valence electrons. The zero-order valence-electron chi connectivity index (χ0n) is 14.0. The van der Waals surface area contributed by atoms with Crippen molar-refractivity contribution in [2.24, 2.45) is 0 Å². The van der Waals surface area contributed by atoms with Gasteiger partial charge in [0, 0.05) is 6.04 Å². The van der Waals surface area contributed by atoms with E-state index in [1.165, 1.54) is 7.11 Å². The lowest BCUT2D eigenvalue weighted by Gasteiger charge is -2.13. The predicted molar refractivity (Wildman–Crippen MR) is 104 cm³/mol. The Hall–Kier alpha value is -2.19. The van der Waals surface area contributed by atoms with Crippen LogP contribution in [0, 0.1) is 27.2 Å². The molecule has 0 spiro atoms. The van der Waals surface area contributed by atoms with Gasteiger partial charge in [-0.15, -0.1) is 6.42 Å². The van der Waals surface area contributed by atoms with Crippen LogP contribution in [0.3, 0.4) is 0 Å². The van der Waals surface area contributed by atoms with Crippen LogP contribution in [0.15, 0.2) is 17.7 Å². The summed E-state index contributed by atoms with van der Waals surface area (Å²) in [5, 5.41) is 12.3. The van der Waals surface area contributed by atoms with Crippen LogP contribution in [-0.4, -0.2) is 25.7 Å². The van der Waals surface area contributed by atoms with Crippen molar-refractivity contribution in [1.29, 1.82) is 5.26 Å². The molecule has 1 aromatic carbocycles. The molecule has 0 radical (unpaired) electrons. The molecule has 0 atom stereocenters. The smallest absolute Gasteiger partial charge is 0.262 e. The number of nitriles is 1. The summed E-state index contributed by atoms with van der Waals surface area (Å²) in [5.41, 5.74) is 0.759. The summed E-state index contributed by atoms with van der Waals surface area (Å²) in [7, 11) is 1.53. The van der Waals surface area contributed by atoms with Gasteiger partial charge in [0.15, 0.2) is 11.5 Å². The molecular formula is C19H19IN2O3. The first-order valence-electron chi connectivity index (χ1n) is 7.95. The number of nitrogens with one attached hydrogen (secondary N) is 1. The van der Waals surface area contributed by atoms with Crippen LogP contribution in [0.25, 0.3) is 6.08 Å². The Morgan fingerprint density at radius 3 is 2.80 bits per heavy atom. The third kappa shape index (κ3) is 5.14. The van der Waals surface area contributed by atoms with E-state index >= 15 is 0 Å². The summed E-state index contributed by atoms with van der Waals surface area (Å²) in [6.07, 6.45) is 11.0. The Bertz CT molecular complexity index is 753. The molecule has 1 aromatic rings. The lowest BCUT2D eigenvalue weighted by atomic mass is 10.1. The van der Waals surface area contributed by atoms with E-state index in [0.29, 0.717) is 17.1 Å². The van der Waals surface area contributed by atoms with Gasteiger partial charge in [0.1, 0.15) is 18.2 Å². The molecule has 1 aliphatic rings. The topological polar surface area (TPSA) is 71.3 Å². The number of terminal acetylenes is 1. The second kappa shape index (κ2) is 9.33. The third-order valence-electron chi connectivity index (χ3n) is 3.92. The number of hydrogen-bond donors (Lipinski definition) is 1. The van der Waals surface area contributed by atoms with Crippen molar-refractivity contribution in [2.75, 3.05) is 13.7 Å². The van der Waals surface area contributed by atoms with E-state index in [2.05, 4.69) is 33.8 Å². The highest BCUT2D eigenvalue weighted by Gasteiger charge is 2.19. The highest BCUT2D eigenvalue weighted by atomic mass is 127. The third-order valence-corrected chi connectivity index (χ3v) is 4.72. The van der Waals surface area contributed by atoms with Crippen molar-refractivity contribution in [3.05, 3.63) is 26.8 Å². The Labute approximate surface area is 161 Å². The first-order chi connectivity index (χ1) is 12.1. The molecule has 1 fully saturated rings. The van der Waals surface area contributed by atoms with Gasteiger partial charge in [-0.2, -0.15) is 5.26 Å². The van der Waals surface area contributed by atoms with E-state index < -0.39 is 0 Å². The molecule has 1 saturated carbocycles. The first-order valence-corrected chi connectivity index (χ1v) is 9.03. The summed E-state index contributed by atoms with van der Waals surface area (Å²) in [6, 6.07) is 5.67. The lowest BCUT2D eigenvalue weighted by Crippen LogP contribution is -2.33. The van der Waals surface area contributed by atoms with E-state index in [0.717, 1.165) is 29.3 Å². The highest BCUT2D eigenvalue weighted by Crippen LogP contribution is 2.34. The standard InChI is InChI=1S/C19H19IN2O3/c1-3-8-25-18-16(20)10-13(11-17(18)24-2)9-14(12-21)19(23)22-15-6-4-5-7-15/h1,9-11,15H,4-8H2,2H3,(H,22,23)/b14-9-. The summed E-state index contributed by atoms with van der Waals surface area (Å²) in [6.45, 7) is 0.134. The van der Waals surface area contributed by atoms with Gasteiger partial charge in [0.05, 0.1) is 10.7 Å². The molecule has 1 N–H and O–H groups in total. The molecule has 0 unspecified atom stereocenters. The summed E-state index contributed by atoms with van der Waals surface area (Å²) < 4.78 is 11.6. The molecule has 0 aliphatic heterocycles. The monoisotopic (exact) mass is 450 g/mol. The van der Waals surface area contributed by atoms with Crippen molar-refractivity contribution < 1.29 is 14.3 Å². The second-order valence-electron chi connectivity index (χ2n) is 5.65. The number of carbonyl (C=O) groups is 1. The number of carbonyl (C=O) groups excluding carboxylic acids is 1. The Kier molecular flexibility index (Phi) is 7.15. The maximum Gasteiger partial charge on any atom is 0.262 e. The Morgan fingerprint density at radius 1 is 1.48 bits per heavy atom. The van der Waals surface area contributed by atoms with Gasteiger partial charge >= 0.3 is 0 Å². The number of methoxy groups -OCH3 is 1. The van der Waals surface area contributed by atoms with E-state index in [4.69, 9.17) is 15.9 Å². The lowest BCUT2D eigenvalue weighted by molar-refractivity contribution is -0.117. The summed E-state index contributed by atoms with van der Waals surface area (Å²) in [5.74, 6) is 3.12. The van der Waals surface area contributed by atoms with Gasteiger partial charge in [0.2, 0.25) is 0 Å². The molecule has 5 nitrogen and oxygen atoms in total. The van der Waals surface area contributed by atoms with Crippen molar-refractivity contribution in [3.63, 3.8) is 0 Å². The van der Waals surface area contributed by atoms with Crippen LogP contribution < -0.4 is 14.8 Å². The highest BCUT2D eigenvalue weighted by molar-refractivity contribution is 14.1. The van der Waals surface area contributed by atoms with Crippen LogP contribution in [0.5, 0.6) is 11.5 Å². The van der Waals surface area contributed by atoms with Gasteiger partial charge in [-0.1, -0.05) is 18.8 Å². The zero-order valence-corrected chi connectivity index (χ0v) is 16.1. The van der Waals surface area contributed by atoms with Crippen LogP contribution in [0.1, 0.15) is 31.2 Å². The SMILES string of the molecule is C#CCOc1c(I)cc(/C=C(/C#N)C(=O)NC2CCCC2)cc1OC. The molecule has 0 heterocycles. The van der Waals surface area contributed by atoms with Crippen LogP contribution in [0.4, 0.5) is 0 Å². The summed E-state index contributed by atoms with van der Waals surface area (Å²) >= 11 is 2.10. The van der Waals surface area contributed by atoms with Gasteiger partial charge in [0.25, 0.3) is 5.91 Å². The molecule has 6 heteroatoms.